The first-order valence-corrected chi connectivity index (χ1v) is 14.0. The molecule has 4 aliphatic carbocycles. The maximum atomic E-state index is 11.9. The van der Waals surface area contributed by atoms with Crippen LogP contribution in [0.5, 0.6) is 0 Å². The highest BCUT2D eigenvalue weighted by molar-refractivity contribution is 5.27. The van der Waals surface area contributed by atoms with Crippen molar-refractivity contribution in [3.8, 4) is 0 Å². The lowest BCUT2D eigenvalue weighted by Gasteiger charge is -2.69. The van der Waals surface area contributed by atoms with Crippen molar-refractivity contribution < 1.29 is 14.6 Å². The number of allylic oxidation sites excluding steroid dienone is 2. The second-order valence-corrected chi connectivity index (χ2v) is 15.0. The van der Waals surface area contributed by atoms with E-state index in [1.54, 1.807) is 0 Å². The Morgan fingerprint density at radius 2 is 1.79 bits per heavy atom. The zero-order valence-corrected chi connectivity index (χ0v) is 22.2. The molecule has 0 aromatic rings. The van der Waals surface area contributed by atoms with Crippen molar-refractivity contribution in [1.82, 2.24) is 0 Å². The van der Waals surface area contributed by atoms with Crippen LogP contribution in [0.15, 0.2) is 12.2 Å². The number of hydrogen-bond acceptors (Lipinski definition) is 3. The first-order chi connectivity index (χ1) is 15.3. The highest BCUT2D eigenvalue weighted by atomic mass is 16.7. The fraction of sp³-hybridized carbons (Fsp3) is 0.933. The largest absolute Gasteiger partial charge is 0.390 e. The Kier molecular flexibility index (Phi) is 4.66. The molecule has 186 valence electrons. The van der Waals surface area contributed by atoms with Crippen molar-refractivity contribution in [1.29, 1.82) is 0 Å². The number of fused-ring (bicyclic) bond motifs is 4. The Bertz CT molecular complexity index is 859. The quantitative estimate of drug-likeness (QED) is 0.468. The number of rotatable bonds is 2. The van der Waals surface area contributed by atoms with Crippen LogP contribution in [0.1, 0.15) is 99.8 Å². The number of ether oxygens (including phenoxy) is 2. The molecule has 3 nitrogen and oxygen atoms in total. The van der Waals surface area contributed by atoms with Gasteiger partial charge in [0.2, 0.25) is 0 Å². The third kappa shape index (κ3) is 2.74. The van der Waals surface area contributed by atoms with E-state index in [0.29, 0.717) is 17.3 Å². The van der Waals surface area contributed by atoms with Crippen LogP contribution in [0, 0.1) is 51.2 Å². The van der Waals surface area contributed by atoms with Crippen molar-refractivity contribution >= 4 is 0 Å². The predicted molar refractivity (Wildman–Crippen MR) is 131 cm³/mol. The van der Waals surface area contributed by atoms with E-state index in [9.17, 15) is 5.11 Å². The van der Waals surface area contributed by atoms with Gasteiger partial charge >= 0.3 is 0 Å². The second kappa shape index (κ2) is 6.68. The van der Waals surface area contributed by atoms with Gasteiger partial charge in [0.1, 0.15) is 0 Å². The monoisotopic (exact) mass is 456 g/mol. The molecule has 3 saturated carbocycles. The molecule has 0 aromatic heterocycles. The number of hydrogen-bond donors (Lipinski definition) is 1. The average Bonchev–Trinajstić information content (AvgIpc) is 3.18. The van der Waals surface area contributed by atoms with Gasteiger partial charge in [-0.2, -0.15) is 0 Å². The van der Waals surface area contributed by atoms with Crippen LogP contribution in [-0.4, -0.2) is 29.2 Å². The Morgan fingerprint density at radius 3 is 2.52 bits per heavy atom. The molecule has 2 bridgehead atoms. The van der Waals surface area contributed by atoms with E-state index >= 15 is 0 Å². The Balaban J connectivity index is 1.40. The first-order valence-electron chi connectivity index (χ1n) is 14.0. The lowest BCUT2D eigenvalue weighted by atomic mass is 9.36. The van der Waals surface area contributed by atoms with Crippen LogP contribution < -0.4 is 0 Å². The van der Waals surface area contributed by atoms with Gasteiger partial charge in [-0.15, -0.1) is 0 Å². The van der Waals surface area contributed by atoms with E-state index in [0.717, 1.165) is 37.7 Å². The summed E-state index contributed by atoms with van der Waals surface area (Å²) in [5.41, 5.74) is 0.353. The zero-order chi connectivity index (χ0) is 23.7. The molecular formula is C30H48O3. The summed E-state index contributed by atoms with van der Waals surface area (Å²) in [7, 11) is 0. The molecule has 6 rings (SSSR count). The summed E-state index contributed by atoms with van der Waals surface area (Å²) < 4.78 is 13.7. The van der Waals surface area contributed by atoms with Crippen LogP contribution in [-0.2, 0) is 9.47 Å². The standard InChI is InChI=1S/C30H48O3/c1-19(2)15-20-16-28(7,31)24-21-9-10-23-26(5)13-8-12-25(3,4)22(26)11-14-27(23,6)29(21)17-30(24,33-20)32-18-29/h8,12,19-24,31H,9-11,13-18H2,1-7H3/t20?,21-,22+,23-,24?,26+,27-,28?,29+,30+/m1/s1. The molecule has 6 aliphatic rings. The summed E-state index contributed by atoms with van der Waals surface area (Å²) in [5, 5.41) is 11.9. The van der Waals surface area contributed by atoms with Gasteiger partial charge < -0.3 is 14.6 Å². The first kappa shape index (κ1) is 23.0. The molecule has 5 fully saturated rings. The van der Waals surface area contributed by atoms with Crippen LogP contribution in [0.3, 0.4) is 0 Å². The lowest BCUT2D eigenvalue weighted by Crippen LogP contribution is -2.66. The van der Waals surface area contributed by atoms with Gasteiger partial charge in [-0.1, -0.05) is 53.7 Å². The topological polar surface area (TPSA) is 38.7 Å². The molecule has 2 spiro atoms. The van der Waals surface area contributed by atoms with Crippen LogP contribution in [0.4, 0.5) is 0 Å². The van der Waals surface area contributed by atoms with Crippen molar-refractivity contribution in [3.05, 3.63) is 12.2 Å². The van der Waals surface area contributed by atoms with Gasteiger partial charge in [0.15, 0.2) is 5.79 Å². The Morgan fingerprint density at radius 1 is 1.03 bits per heavy atom. The minimum Gasteiger partial charge on any atom is -0.390 e. The molecule has 33 heavy (non-hydrogen) atoms. The smallest absolute Gasteiger partial charge is 0.175 e. The molecule has 0 radical (unpaired) electrons. The molecule has 2 heterocycles. The molecule has 0 amide bonds. The minimum atomic E-state index is -0.704. The third-order valence-corrected chi connectivity index (χ3v) is 12.4. The molecule has 10 atom stereocenters. The van der Waals surface area contributed by atoms with Crippen molar-refractivity contribution in [2.24, 2.45) is 51.2 Å². The van der Waals surface area contributed by atoms with Crippen molar-refractivity contribution in [2.75, 3.05) is 6.61 Å². The normalized spacial score (nSPS) is 58.5. The lowest BCUT2D eigenvalue weighted by molar-refractivity contribution is -0.347. The van der Waals surface area contributed by atoms with Gasteiger partial charge in [0.25, 0.3) is 0 Å². The molecule has 1 N–H and O–H groups in total. The van der Waals surface area contributed by atoms with E-state index < -0.39 is 11.4 Å². The Labute approximate surface area is 202 Å². The maximum Gasteiger partial charge on any atom is 0.175 e. The summed E-state index contributed by atoms with van der Waals surface area (Å²) in [6.07, 6.45) is 14.3. The summed E-state index contributed by atoms with van der Waals surface area (Å²) in [5.74, 6) is 2.13. The van der Waals surface area contributed by atoms with Gasteiger partial charge in [0, 0.05) is 24.2 Å². The summed E-state index contributed by atoms with van der Waals surface area (Å²) in [6.45, 7) is 17.7. The van der Waals surface area contributed by atoms with E-state index in [4.69, 9.17) is 9.47 Å². The molecular weight excluding hydrogens is 408 g/mol. The maximum absolute atomic E-state index is 11.9. The Hall–Kier alpha value is -0.380. The van der Waals surface area contributed by atoms with Gasteiger partial charge in [-0.05, 0) is 85.4 Å². The number of aliphatic hydroxyl groups is 1. The second-order valence-electron chi connectivity index (χ2n) is 15.0. The molecule has 3 unspecified atom stereocenters. The van der Waals surface area contributed by atoms with E-state index in [-0.39, 0.29) is 28.3 Å². The fourth-order valence-corrected chi connectivity index (χ4v) is 11.5. The van der Waals surface area contributed by atoms with Gasteiger partial charge in [0.05, 0.1) is 18.3 Å². The van der Waals surface area contributed by atoms with Crippen molar-refractivity contribution in [3.63, 3.8) is 0 Å². The van der Waals surface area contributed by atoms with E-state index in [1.807, 2.05) is 0 Å². The van der Waals surface area contributed by atoms with Crippen LogP contribution >= 0.6 is 0 Å². The molecule has 2 saturated heterocycles. The SMILES string of the molecule is CC(C)CC1CC(C)(O)C2[C@H]3CC[C@@H]4[C@@]5(C)CC=CC(C)(C)[C@@H]5CC[C@@]4(C)[C@@]34CO[C@@]2(C4)O1. The van der Waals surface area contributed by atoms with Crippen LogP contribution in [0.25, 0.3) is 0 Å². The third-order valence-electron chi connectivity index (χ3n) is 12.4. The van der Waals surface area contributed by atoms with E-state index in [2.05, 4.69) is 60.6 Å². The molecule has 3 heteroatoms. The highest BCUT2D eigenvalue weighted by Crippen LogP contribution is 2.80. The average molecular weight is 457 g/mol. The molecule has 0 aromatic carbocycles. The minimum absolute atomic E-state index is 0.104. The zero-order valence-electron chi connectivity index (χ0n) is 22.2. The van der Waals surface area contributed by atoms with Crippen LogP contribution in [0.2, 0.25) is 0 Å². The molecule has 2 aliphatic heterocycles. The fourth-order valence-electron chi connectivity index (χ4n) is 11.5. The van der Waals surface area contributed by atoms with E-state index in [1.165, 1.54) is 32.1 Å². The summed E-state index contributed by atoms with van der Waals surface area (Å²) >= 11 is 0. The predicted octanol–water partition coefficient (Wildman–Crippen LogP) is 6.74. The highest BCUT2D eigenvalue weighted by Gasteiger charge is 2.80. The van der Waals surface area contributed by atoms with Crippen molar-refractivity contribution in [2.45, 2.75) is 117 Å². The van der Waals surface area contributed by atoms with Gasteiger partial charge in [-0.3, -0.25) is 0 Å². The van der Waals surface area contributed by atoms with Gasteiger partial charge in [-0.25, -0.2) is 0 Å². The summed E-state index contributed by atoms with van der Waals surface area (Å²) in [6, 6.07) is 0. The summed E-state index contributed by atoms with van der Waals surface area (Å²) in [4.78, 5) is 0.